The van der Waals surface area contributed by atoms with Crippen LogP contribution in [0.15, 0.2) is 53.6 Å². The van der Waals surface area contributed by atoms with Crippen molar-refractivity contribution in [3.63, 3.8) is 0 Å². The van der Waals surface area contributed by atoms with Gasteiger partial charge in [0.25, 0.3) is 10.0 Å². The Morgan fingerprint density at radius 1 is 1.17 bits per heavy atom. The van der Waals surface area contributed by atoms with Gasteiger partial charge in [0, 0.05) is 30.6 Å². The van der Waals surface area contributed by atoms with Gasteiger partial charge in [-0.25, -0.2) is 18.1 Å². The first-order valence-corrected chi connectivity index (χ1v) is 11.0. The van der Waals surface area contributed by atoms with Crippen molar-refractivity contribution in [2.24, 2.45) is 5.92 Å². The molecular formula is C21H20N4O4S. The summed E-state index contributed by atoms with van der Waals surface area (Å²) in [6.45, 7) is 1.64. The molecular weight excluding hydrogens is 404 g/mol. The van der Waals surface area contributed by atoms with E-state index in [2.05, 4.69) is 20.0 Å². The molecule has 1 aliphatic rings. The lowest BCUT2D eigenvalue weighted by Gasteiger charge is -2.18. The first kappa shape index (κ1) is 20.0. The number of carbonyl (C=O) groups is 2. The van der Waals surface area contributed by atoms with Crippen LogP contribution < -0.4 is 10.0 Å². The highest BCUT2D eigenvalue weighted by Crippen LogP contribution is 2.25. The summed E-state index contributed by atoms with van der Waals surface area (Å²) in [6, 6.07) is 11.8. The third-order valence-electron chi connectivity index (χ3n) is 4.98. The SMILES string of the molecule is CC(Cc1cnc2ccccc2n1)C(=O)NS(=O)(=O)c1ccc2c(c1)CCC(=O)N2. The summed E-state index contributed by atoms with van der Waals surface area (Å²) in [5, 5.41) is 2.70. The van der Waals surface area contributed by atoms with Crippen molar-refractivity contribution in [1.29, 1.82) is 0 Å². The quantitative estimate of drug-likeness (QED) is 0.648. The molecule has 2 amide bonds. The van der Waals surface area contributed by atoms with E-state index in [-0.39, 0.29) is 17.2 Å². The molecule has 0 saturated heterocycles. The average molecular weight is 424 g/mol. The average Bonchev–Trinajstić information content (AvgIpc) is 2.72. The number of anilines is 1. The number of rotatable bonds is 5. The van der Waals surface area contributed by atoms with E-state index in [1.54, 1.807) is 19.2 Å². The van der Waals surface area contributed by atoms with Crippen LogP contribution in [-0.2, 0) is 32.5 Å². The summed E-state index contributed by atoms with van der Waals surface area (Å²) < 4.78 is 27.5. The van der Waals surface area contributed by atoms with Crippen LogP contribution in [0.1, 0.15) is 24.6 Å². The predicted octanol–water partition coefficient (Wildman–Crippen LogP) is 2.20. The number of carbonyl (C=O) groups excluding carboxylic acids is 2. The molecule has 0 radical (unpaired) electrons. The number of hydrogen-bond acceptors (Lipinski definition) is 6. The fourth-order valence-corrected chi connectivity index (χ4v) is 4.45. The van der Waals surface area contributed by atoms with E-state index in [1.807, 2.05) is 24.3 Å². The maximum Gasteiger partial charge on any atom is 0.264 e. The van der Waals surface area contributed by atoms with Crippen molar-refractivity contribution in [1.82, 2.24) is 14.7 Å². The van der Waals surface area contributed by atoms with Crippen LogP contribution in [0.25, 0.3) is 11.0 Å². The molecule has 0 aliphatic carbocycles. The van der Waals surface area contributed by atoms with E-state index in [0.717, 1.165) is 16.6 Å². The second-order valence-corrected chi connectivity index (χ2v) is 8.97. The summed E-state index contributed by atoms with van der Waals surface area (Å²) in [6.07, 6.45) is 2.61. The Labute approximate surface area is 173 Å². The van der Waals surface area contributed by atoms with E-state index in [0.29, 0.717) is 24.2 Å². The van der Waals surface area contributed by atoms with Gasteiger partial charge in [0.05, 0.1) is 21.6 Å². The van der Waals surface area contributed by atoms with Gasteiger partial charge in [0.1, 0.15) is 0 Å². The number of nitrogens with one attached hydrogen (secondary N) is 2. The highest BCUT2D eigenvalue weighted by molar-refractivity contribution is 7.90. The molecule has 154 valence electrons. The molecule has 2 heterocycles. The van der Waals surface area contributed by atoms with Crippen LogP contribution in [0.4, 0.5) is 5.69 Å². The second kappa shape index (κ2) is 7.83. The smallest absolute Gasteiger partial charge is 0.264 e. The number of aromatic nitrogens is 2. The summed E-state index contributed by atoms with van der Waals surface area (Å²) in [4.78, 5) is 32.8. The van der Waals surface area contributed by atoms with Gasteiger partial charge in [-0.05, 0) is 42.3 Å². The van der Waals surface area contributed by atoms with Crippen molar-refractivity contribution >= 4 is 38.6 Å². The van der Waals surface area contributed by atoms with Gasteiger partial charge in [-0.3, -0.25) is 14.6 Å². The minimum absolute atomic E-state index is 0.0107. The number of aryl methyl sites for hydroxylation is 1. The Bertz CT molecular complexity index is 1260. The van der Waals surface area contributed by atoms with Crippen molar-refractivity contribution in [3.8, 4) is 0 Å². The third kappa shape index (κ3) is 4.16. The van der Waals surface area contributed by atoms with E-state index in [4.69, 9.17) is 0 Å². The molecule has 4 rings (SSSR count). The van der Waals surface area contributed by atoms with Crippen LogP contribution in [0.5, 0.6) is 0 Å². The molecule has 3 aromatic rings. The summed E-state index contributed by atoms with van der Waals surface area (Å²) >= 11 is 0. The molecule has 2 aromatic carbocycles. The van der Waals surface area contributed by atoms with Crippen LogP contribution in [0, 0.1) is 5.92 Å². The number of nitrogens with zero attached hydrogens (tertiary/aromatic N) is 2. The molecule has 1 aliphatic heterocycles. The number of fused-ring (bicyclic) bond motifs is 2. The normalized spacial score (nSPS) is 14.6. The Balaban J connectivity index is 1.47. The minimum atomic E-state index is -4.03. The largest absolute Gasteiger partial charge is 0.326 e. The molecule has 1 atom stereocenters. The lowest BCUT2D eigenvalue weighted by atomic mass is 10.0. The fourth-order valence-electron chi connectivity index (χ4n) is 3.32. The first-order chi connectivity index (χ1) is 14.3. The molecule has 9 heteroatoms. The lowest BCUT2D eigenvalue weighted by Crippen LogP contribution is -2.35. The van der Waals surface area contributed by atoms with Crippen molar-refractivity contribution in [3.05, 3.63) is 59.9 Å². The monoisotopic (exact) mass is 424 g/mol. The molecule has 0 saturated carbocycles. The second-order valence-electron chi connectivity index (χ2n) is 7.29. The highest BCUT2D eigenvalue weighted by atomic mass is 32.2. The number of para-hydroxylation sites is 2. The molecule has 0 spiro atoms. The van der Waals surface area contributed by atoms with Gasteiger partial charge in [0.2, 0.25) is 11.8 Å². The van der Waals surface area contributed by atoms with Gasteiger partial charge in [-0.15, -0.1) is 0 Å². The number of hydrogen-bond donors (Lipinski definition) is 2. The standard InChI is InChI=1S/C21H20N4O4S/c1-13(10-15-12-22-18-4-2-3-5-19(18)23-15)21(27)25-30(28,29)16-7-8-17-14(11-16)6-9-20(26)24-17/h2-5,7-8,11-13H,6,9-10H2,1H3,(H,24,26)(H,25,27). The van der Waals surface area contributed by atoms with Crippen molar-refractivity contribution in [2.75, 3.05) is 5.32 Å². The van der Waals surface area contributed by atoms with Crippen LogP contribution in [0.3, 0.4) is 0 Å². The van der Waals surface area contributed by atoms with Gasteiger partial charge in [0.15, 0.2) is 0 Å². The van der Waals surface area contributed by atoms with Crippen LogP contribution in [0.2, 0.25) is 0 Å². The molecule has 1 unspecified atom stereocenters. The first-order valence-electron chi connectivity index (χ1n) is 9.52. The van der Waals surface area contributed by atoms with Crippen molar-refractivity contribution in [2.45, 2.75) is 31.1 Å². The van der Waals surface area contributed by atoms with Gasteiger partial charge in [-0.1, -0.05) is 19.1 Å². The molecule has 0 fully saturated rings. The molecule has 30 heavy (non-hydrogen) atoms. The zero-order chi connectivity index (χ0) is 21.3. The van der Waals surface area contributed by atoms with E-state index >= 15 is 0 Å². The Morgan fingerprint density at radius 2 is 1.93 bits per heavy atom. The Morgan fingerprint density at radius 3 is 2.73 bits per heavy atom. The van der Waals surface area contributed by atoms with E-state index in [9.17, 15) is 18.0 Å². The Kier molecular flexibility index (Phi) is 5.21. The topological polar surface area (TPSA) is 118 Å². The zero-order valence-electron chi connectivity index (χ0n) is 16.3. The van der Waals surface area contributed by atoms with Gasteiger partial charge in [-0.2, -0.15) is 0 Å². The van der Waals surface area contributed by atoms with Gasteiger partial charge >= 0.3 is 0 Å². The number of amides is 2. The molecule has 8 nitrogen and oxygen atoms in total. The molecule has 0 bridgehead atoms. The summed E-state index contributed by atoms with van der Waals surface area (Å²) in [5.41, 5.74) is 3.41. The predicted molar refractivity (Wildman–Crippen MR) is 111 cm³/mol. The third-order valence-corrected chi connectivity index (χ3v) is 6.32. The van der Waals surface area contributed by atoms with Gasteiger partial charge < -0.3 is 5.32 Å². The molecule has 2 N–H and O–H groups in total. The number of benzene rings is 2. The number of sulfonamides is 1. The van der Waals surface area contributed by atoms with Crippen LogP contribution in [-0.4, -0.2) is 30.2 Å². The van der Waals surface area contributed by atoms with Crippen LogP contribution >= 0.6 is 0 Å². The summed E-state index contributed by atoms with van der Waals surface area (Å²) in [7, 11) is -4.03. The highest BCUT2D eigenvalue weighted by Gasteiger charge is 2.24. The molecule has 1 aromatic heterocycles. The van der Waals surface area contributed by atoms with Crippen molar-refractivity contribution < 1.29 is 18.0 Å². The maximum absolute atomic E-state index is 12.7. The zero-order valence-corrected chi connectivity index (χ0v) is 17.1. The minimum Gasteiger partial charge on any atom is -0.326 e. The van der Waals surface area contributed by atoms with E-state index < -0.39 is 21.8 Å². The summed E-state index contributed by atoms with van der Waals surface area (Å²) in [5.74, 6) is -1.33. The fraction of sp³-hybridized carbons (Fsp3) is 0.238. The lowest BCUT2D eigenvalue weighted by molar-refractivity contribution is -0.122. The Hall–Kier alpha value is -3.33. The van der Waals surface area contributed by atoms with E-state index in [1.165, 1.54) is 12.1 Å². The maximum atomic E-state index is 12.7.